The first-order chi connectivity index (χ1) is 8.70. The van der Waals surface area contributed by atoms with E-state index in [4.69, 9.17) is 27.8 Å². The van der Waals surface area contributed by atoms with Crippen LogP contribution in [0.1, 0.15) is 11.1 Å². The Bertz CT molecular complexity index is 425. The van der Waals surface area contributed by atoms with E-state index in [9.17, 15) is 0 Å². The van der Waals surface area contributed by atoms with Crippen LogP contribution < -0.4 is 5.73 Å². The van der Waals surface area contributed by atoms with Crippen molar-refractivity contribution in [2.24, 2.45) is 5.73 Å². The quantitative estimate of drug-likeness (QED) is 0.778. The highest BCUT2D eigenvalue weighted by atomic mass is 32.1. The number of nitrogens with two attached hydrogens (primary N) is 1. The van der Waals surface area contributed by atoms with Crippen molar-refractivity contribution in [3.05, 3.63) is 35.4 Å². The molecule has 2 rings (SSSR count). The third-order valence-electron chi connectivity index (χ3n) is 3.10. The fourth-order valence-corrected chi connectivity index (χ4v) is 2.37. The predicted molar refractivity (Wildman–Crippen MR) is 74.4 cm³/mol. The average Bonchev–Trinajstić information content (AvgIpc) is 2.39. The third-order valence-corrected chi connectivity index (χ3v) is 3.32. The number of nitrogens with zero attached hydrogens (tertiary/aromatic N) is 1. The molecule has 1 atom stereocenters. The lowest BCUT2D eigenvalue weighted by atomic mass is 10.1. The van der Waals surface area contributed by atoms with Gasteiger partial charge in [-0.1, -0.05) is 36.5 Å². The van der Waals surface area contributed by atoms with Crippen molar-refractivity contribution in [2.45, 2.75) is 12.6 Å². The van der Waals surface area contributed by atoms with Gasteiger partial charge in [0.25, 0.3) is 0 Å². The van der Waals surface area contributed by atoms with Crippen LogP contribution in [0.3, 0.4) is 0 Å². The second-order valence-corrected chi connectivity index (χ2v) is 4.87. The first kappa shape index (κ1) is 13.4. The summed E-state index contributed by atoms with van der Waals surface area (Å²) in [5, 5.41) is 9.13. The number of rotatable bonds is 4. The fraction of sp³-hybridized carbons (Fsp3) is 0.462. The van der Waals surface area contributed by atoms with Crippen LogP contribution in [0.15, 0.2) is 24.3 Å². The number of thiocarbonyl (C=S) groups is 1. The molecule has 1 fully saturated rings. The lowest BCUT2D eigenvalue weighted by Crippen LogP contribution is -2.43. The standard InChI is InChI=1S/C13H18N2O2S/c14-13(18)12-4-2-1-3-10(12)7-15-5-6-17-11(8-15)9-16/h1-4,11,16H,5-9H2,(H2,14,18). The van der Waals surface area contributed by atoms with Crippen LogP contribution >= 0.6 is 12.2 Å². The van der Waals surface area contributed by atoms with Gasteiger partial charge >= 0.3 is 0 Å². The maximum absolute atomic E-state index is 9.13. The van der Waals surface area contributed by atoms with Gasteiger partial charge in [0.15, 0.2) is 0 Å². The zero-order valence-corrected chi connectivity index (χ0v) is 11.0. The summed E-state index contributed by atoms with van der Waals surface area (Å²) in [6.45, 7) is 3.10. The first-order valence-corrected chi connectivity index (χ1v) is 6.44. The van der Waals surface area contributed by atoms with Gasteiger partial charge in [0.2, 0.25) is 0 Å². The van der Waals surface area contributed by atoms with E-state index < -0.39 is 0 Å². The molecule has 1 aliphatic heterocycles. The highest BCUT2D eigenvalue weighted by molar-refractivity contribution is 7.80. The number of hydrogen-bond acceptors (Lipinski definition) is 4. The second-order valence-electron chi connectivity index (χ2n) is 4.43. The normalized spacial score (nSPS) is 20.8. The molecular formula is C13H18N2O2S. The van der Waals surface area contributed by atoms with E-state index in [-0.39, 0.29) is 12.7 Å². The molecule has 0 aliphatic carbocycles. The van der Waals surface area contributed by atoms with E-state index in [2.05, 4.69) is 4.90 Å². The molecule has 1 heterocycles. The van der Waals surface area contributed by atoms with E-state index >= 15 is 0 Å². The molecule has 0 amide bonds. The minimum atomic E-state index is -0.0873. The minimum Gasteiger partial charge on any atom is -0.394 e. The van der Waals surface area contributed by atoms with Gasteiger partial charge in [0.05, 0.1) is 19.3 Å². The van der Waals surface area contributed by atoms with E-state index in [1.54, 1.807) is 0 Å². The number of aliphatic hydroxyl groups excluding tert-OH is 1. The van der Waals surface area contributed by atoms with Crippen LogP contribution in [0, 0.1) is 0 Å². The Morgan fingerprint density at radius 3 is 3.00 bits per heavy atom. The van der Waals surface area contributed by atoms with Crippen LogP contribution in [-0.2, 0) is 11.3 Å². The highest BCUT2D eigenvalue weighted by Crippen LogP contribution is 2.14. The Morgan fingerprint density at radius 1 is 1.50 bits per heavy atom. The van der Waals surface area contributed by atoms with Crippen LogP contribution in [0.4, 0.5) is 0 Å². The summed E-state index contributed by atoms with van der Waals surface area (Å²) >= 11 is 5.06. The SMILES string of the molecule is NC(=S)c1ccccc1CN1CCOC(CO)C1. The average molecular weight is 266 g/mol. The smallest absolute Gasteiger partial charge is 0.104 e. The van der Waals surface area contributed by atoms with Crippen molar-refractivity contribution in [2.75, 3.05) is 26.3 Å². The Kier molecular flexibility index (Phi) is 4.66. The maximum Gasteiger partial charge on any atom is 0.104 e. The van der Waals surface area contributed by atoms with Gasteiger partial charge in [-0.3, -0.25) is 4.90 Å². The molecule has 3 N–H and O–H groups in total. The largest absolute Gasteiger partial charge is 0.394 e. The molecular weight excluding hydrogens is 248 g/mol. The monoisotopic (exact) mass is 266 g/mol. The molecule has 0 aromatic heterocycles. The van der Waals surface area contributed by atoms with Crippen molar-refractivity contribution >= 4 is 17.2 Å². The number of aliphatic hydroxyl groups is 1. The lowest BCUT2D eigenvalue weighted by molar-refractivity contribution is -0.0551. The molecule has 5 heteroatoms. The summed E-state index contributed by atoms with van der Waals surface area (Å²) < 4.78 is 5.43. The Balaban J connectivity index is 2.07. The van der Waals surface area contributed by atoms with Gasteiger partial charge in [-0.05, 0) is 5.56 Å². The third kappa shape index (κ3) is 3.26. The van der Waals surface area contributed by atoms with Crippen LogP contribution in [-0.4, -0.2) is 47.4 Å². The fourth-order valence-electron chi connectivity index (χ4n) is 2.17. The molecule has 4 nitrogen and oxygen atoms in total. The van der Waals surface area contributed by atoms with Gasteiger partial charge in [0, 0.05) is 25.2 Å². The number of ether oxygens (including phenoxy) is 1. The lowest BCUT2D eigenvalue weighted by Gasteiger charge is -2.32. The molecule has 0 bridgehead atoms. The molecule has 1 saturated heterocycles. The number of morpholine rings is 1. The molecule has 1 aromatic carbocycles. The molecule has 1 aromatic rings. The molecule has 0 spiro atoms. The molecule has 1 aliphatic rings. The highest BCUT2D eigenvalue weighted by Gasteiger charge is 2.20. The van der Waals surface area contributed by atoms with Crippen LogP contribution in [0.5, 0.6) is 0 Å². The minimum absolute atomic E-state index is 0.0629. The van der Waals surface area contributed by atoms with Crippen molar-refractivity contribution in [3.63, 3.8) is 0 Å². The van der Waals surface area contributed by atoms with Gasteiger partial charge in [0.1, 0.15) is 4.99 Å². The van der Waals surface area contributed by atoms with Gasteiger partial charge < -0.3 is 15.6 Å². The zero-order chi connectivity index (χ0) is 13.0. The first-order valence-electron chi connectivity index (χ1n) is 6.03. The van der Waals surface area contributed by atoms with E-state index in [0.29, 0.717) is 11.6 Å². The molecule has 0 saturated carbocycles. The summed E-state index contributed by atoms with van der Waals surface area (Å²) in [5.41, 5.74) is 7.78. The predicted octanol–water partition coefficient (Wildman–Crippen LogP) is 0.514. The van der Waals surface area contributed by atoms with Gasteiger partial charge in [-0.2, -0.15) is 0 Å². The van der Waals surface area contributed by atoms with Gasteiger partial charge in [-0.25, -0.2) is 0 Å². The topological polar surface area (TPSA) is 58.7 Å². The molecule has 0 radical (unpaired) electrons. The van der Waals surface area contributed by atoms with Crippen molar-refractivity contribution < 1.29 is 9.84 Å². The second kappa shape index (κ2) is 6.24. The summed E-state index contributed by atoms with van der Waals surface area (Å²) in [7, 11) is 0. The Labute approximate surface area is 112 Å². The summed E-state index contributed by atoms with van der Waals surface area (Å²) in [5.74, 6) is 0. The molecule has 18 heavy (non-hydrogen) atoms. The van der Waals surface area contributed by atoms with Crippen molar-refractivity contribution in [3.8, 4) is 0 Å². The van der Waals surface area contributed by atoms with E-state index in [0.717, 1.165) is 30.8 Å². The Hall–Kier alpha value is -1.01. The number of hydrogen-bond donors (Lipinski definition) is 2. The van der Waals surface area contributed by atoms with Crippen LogP contribution in [0.2, 0.25) is 0 Å². The van der Waals surface area contributed by atoms with Crippen LogP contribution in [0.25, 0.3) is 0 Å². The van der Waals surface area contributed by atoms with Gasteiger partial charge in [-0.15, -0.1) is 0 Å². The summed E-state index contributed by atoms with van der Waals surface area (Å²) in [4.78, 5) is 2.68. The summed E-state index contributed by atoms with van der Waals surface area (Å²) in [6.07, 6.45) is -0.0873. The van der Waals surface area contributed by atoms with Crippen molar-refractivity contribution in [1.82, 2.24) is 4.90 Å². The van der Waals surface area contributed by atoms with E-state index in [1.165, 1.54) is 0 Å². The van der Waals surface area contributed by atoms with Crippen molar-refractivity contribution in [1.29, 1.82) is 0 Å². The molecule has 98 valence electrons. The maximum atomic E-state index is 9.13. The molecule has 1 unspecified atom stereocenters. The number of benzene rings is 1. The zero-order valence-electron chi connectivity index (χ0n) is 10.2. The summed E-state index contributed by atoms with van der Waals surface area (Å²) in [6, 6.07) is 7.91. The van der Waals surface area contributed by atoms with E-state index in [1.807, 2.05) is 24.3 Å². The Morgan fingerprint density at radius 2 is 2.28 bits per heavy atom.